The van der Waals surface area contributed by atoms with E-state index in [1.807, 2.05) is 30.8 Å². The van der Waals surface area contributed by atoms with Crippen molar-refractivity contribution in [1.82, 2.24) is 9.78 Å². The minimum absolute atomic E-state index is 0.809. The van der Waals surface area contributed by atoms with E-state index in [1.165, 1.54) is 10.6 Å². The highest BCUT2D eigenvalue weighted by atomic mass is 32.2. The smallest absolute Gasteiger partial charge is 0.0596 e. The van der Waals surface area contributed by atoms with Crippen molar-refractivity contribution in [2.75, 3.05) is 5.73 Å². The molecule has 2 aromatic rings. The van der Waals surface area contributed by atoms with Gasteiger partial charge in [-0.2, -0.15) is 5.10 Å². The number of rotatable bonds is 4. The third-order valence-corrected chi connectivity index (χ3v) is 3.60. The van der Waals surface area contributed by atoms with Crippen molar-refractivity contribution >= 4 is 17.4 Å². The monoisotopic (exact) mass is 247 g/mol. The quantitative estimate of drug-likeness (QED) is 0.667. The predicted molar refractivity (Wildman–Crippen MR) is 73.1 cm³/mol. The Kier molecular flexibility index (Phi) is 3.74. The SMILES string of the molecule is CCn1nc(C)cc1CSc1ccc(N)cc1. The summed E-state index contributed by atoms with van der Waals surface area (Å²) in [5, 5.41) is 4.44. The molecule has 90 valence electrons. The van der Waals surface area contributed by atoms with Gasteiger partial charge in [0, 0.05) is 28.6 Å². The first kappa shape index (κ1) is 12.0. The van der Waals surface area contributed by atoms with Crippen LogP contribution in [0.15, 0.2) is 35.2 Å². The van der Waals surface area contributed by atoms with E-state index < -0.39 is 0 Å². The molecular weight excluding hydrogens is 230 g/mol. The normalized spacial score (nSPS) is 10.7. The summed E-state index contributed by atoms with van der Waals surface area (Å²) in [7, 11) is 0. The Labute approximate surface area is 106 Å². The van der Waals surface area contributed by atoms with E-state index in [0.717, 1.165) is 23.7 Å². The Morgan fingerprint density at radius 1 is 1.29 bits per heavy atom. The van der Waals surface area contributed by atoms with Gasteiger partial charge in [0.05, 0.1) is 5.69 Å². The summed E-state index contributed by atoms with van der Waals surface area (Å²) in [5.41, 5.74) is 8.82. The summed E-state index contributed by atoms with van der Waals surface area (Å²) in [6, 6.07) is 10.1. The van der Waals surface area contributed by atoms with Gasteiger partial charge in [-0.1, -0.05) is 0 Å². The zero-order valence-electron chi connectivity index (χ0n) is 10.2. The molecule has 0 bridgehead atoms. The summed E-state index contributed by atoms with van der Waals surface area (Å²) >= 11 is 1.81. The second-order valence-electron chi connectivity index (χ2n) is 3.95. The fourth-order valence-electron chi connectivity index (χ4n) is 1.71. The molecular formula is C13H17N3S. The fraction of sp³-hybridized carbons (Fsp3) is 0.308. The number of aromatic nitrogens is 2. The van der Waals surface area contributed by atoms with Crippen molar-refractivity contribution in [3.8, 4) is 0 Å². The third-order valence-electron chi connectivity index (χ3n) is 2.55. The van der Waals surface area contributed by atoms with Gasteiger partial charge in [-0.15, -0.1) is 11.8 Å². The van der Waals surface area contributed by atoms with Gasteiger partial charge >= 0.3 is 0 Å². The van der Waals surface area contributed by atoms with Crippen LogP contribution in [0.2, 0.25) is 0 Å². The lowest BCUT2D eigenvalue weighted by atomic mass is 10.3. The van der Waals surface area contributed by atoms with Gasteiger partial charge in [0.1, 0.15) is 0 Å². The van der Waals surface area contributed by atoms with Crippen molar-refractivity contribution in [1.29, 1.82) is 0 Å². The first-order valence-corrected chi connectivity index (χ1v) is 6.69. The Balaban J connectivity index is 2.04. The molecule has 2 rings (SSSR count). The van der Waals surface area contributed by atoms with E-state index >= 15 is 0 Å². The summed E-state index contributed by atoms with van der Waals surface area (Å²) in [6.45, 7) is 5.07. The minimum Gasteiger partial charge on any atom is -0.399 e. The molecule has 0 aliphatic carbocycles. The second-order valence-corrected chi connectivity index (χ2v) is 5.00. The Morgan fingerprint density at radius 2 is 2.00 bits per heavy atom. The van der Waals surface area contributed by atoms with Crippen molar-refractivity contribution < 1.29 is 0 Å². The number of nitrogens with two attached hydrogens (primary N) is 1. The van der Waals surface area contributed by atoms with Crippen LogP contribution < -0.4 is 5.73 Å². The number of hydrogen-bond donors (Lipinski definition) is 1. The molecule has 4 heteroatoms. The number of benzene rings is 1. The molecule has 0 radical (unpaired) electrons. The standard InChI is InChI=1S/C13H17N3S/c1-3-16-12(8-10(2)15-16)9-17-13-6-4-11(14)5-7-13/h4-8H,3,9,14H2,1-2H3. The lowest BCUT2D eigenvalue weighted by Crippen LogP contribution is -2.01. The highest BCUT2D eigenvalue weighted by Crippen LogP contribution is 2.23. The largest absolute Gasteiger partial charge is 0.399 e. The van der Waals surface area contributed by atoms with Crippen molar-refractivity contribution in [2.45, 2.75) is 31.0 Å². The van der Waals surface area contributed by atoms with Crippen LogP contribution >= 0.6 is 11.8 Å². The number of hydrogen-bond acceptors (Lipinski definition) is 3. The van der Waals surface area contributed by atoms with Crippen LogP contribution in [0.1, 0.15) is 18.3 Å². The van der Waals surface area contributed by atoms with E-state index in [4.69, 9.17) is 5.73 Å². The maximum atomic E-state index is 5.66. The zero-order chi connectivity index (χ0) is 12.3. The molecule has 0 saturated carbocycles. The average molecular weight is 247 g/mol. The number of anilines is 1. The molecule has 0 amide bonds. The fourth-order valence-corrected chi connectivity index (χ4v) is 2.59. The number of nitrogens with zero attached hydrogens (tertiary/aromatic N) is 2. The van der Waals surface area contributed by atoms with E-state index in [2.05, 4.69) is 34.9 Å². The molecule has 0 unspecified atom stereocenters. The molecule has 0 atom stereocenters. The van der Waals surface area contributed by atoms with Crippen LogP contribution in [0.3, 0.4) is 0 Å². The van der Waals surface area contributed by atoms with Gasteiger partial charge in [-0.05, 0) is 44.2 Å². The van der Waals surface area contributed by atoms with E-state index in [-0.39, 0.29) is 0 Å². The van der Waals surface area contributed by atoms with Gasteiger partial charge in [-0.3, -0.25) is 4.68 Å². The highest BCUT2D eigenvalue weighted by molar-refractivity contribution is 7.98. The Morgan fingerprint density at radius 3 is 2.65 bits per heavy atom. The predicted octanol–water partition coefficient (Wildman–Crippen LogP) is 3.09. The molecule has 1 heterocycles. The van der Waals surface area contributed by atoms with Gasteiger partial charge in [0.2, 0.25) is 0 Å². The lowest BCUT2D eigenvalue weighted by molar-refractivity contribution is 0.632. The summed E-state index contributed by atoms with van der Waals surface area (Å²) in [4.78, 5) is 1.24. The van der Waals surface area contributed by atoms with Gasteiger partial charge in [0.15, 0.2) is 0 Å². The third kappa shape index (κ3) is 3.03. The highest BCUT2D eigenvalue weighted by Gasteiger charge is 2.04. The van der Waals surface area contributed by atoms with Crippen molar-refractivity contribution in [2.24, 2.45) is 0 Å². The van der Waals surface area contributed by atoms with Crippen LogP contribution in [0, 0.1) is 6.92 Å². The molecule has 0 fully saturated rings. The van der Waals surface area contributed by atoms with Gasteiger partial charge in [0.25, 0.3) is 0 Å². The molecule has 0 spiro atoms. The van der Waals surface area contributed by atoms with Crippen LogP contribution in [-0.2, 0) is 12.3 Å². The van der Waals surface area contributed by atoms with E-state index in [0.29, 0.717) is 0 Å². The van der Waals surface area contributed by atoms with Crippen molar-refractivity contribution in [3.63, 3.8) is 0 Å². The average Bonchev–Trinajstić information content (AvgIpc) is 2.69. The van der Waals surface area contributed by atoms with Gasteiger partial charge in [-0.25, -0.2) is 0 Å². The molecule has 1 aromatic carbocycles. The van der Waals surface area contributed by atoms with Crippen LogP contribution in [0.4, 0.5) is 5.69 Å². The second kappa shape index (κ2) is 5.27. The molecule has 17 heavy (non-hydrogen) atoms. The Hall–Kier alpha value is -1.42. The number of aryl methyl sites for hydroxylation is 2. The Bertz CT molecular complexity index is 488. The molecule has 1 aromatic heterocycles. The van der Waals surface area contributed by atoms with Crippen LogP contribution in [0.25, 0.3) is 0 Å². The first-order valence-electron chi connectivity index (χ1n) is 5.70. The molecule has 0 saturated heterocycles. The molecule has 3 nitrogen and oxygen atoms in total. The number of thioether (sulfide) groups is 1. The van der Waals surface area contributed by atoms with E-state index in [1.54, 1.807) is 0 Å². The van der Waals surface area contributed by atoms with Gasteiger partial charge < -0.3 is 5.73 Å². The van der Waals surface area contributed by atoms with Crippen LogP contribution in [-0.4, -0.2) is 9.78 Å². The van der Waals surface area contributed by atoms with Crippen LogP contribution in [0.5, 0.6) is 0 Å². The maximum Gasteiger partial charge on any atom is 0.0596 e. The lowest BCUT2D eigenvalue weighted by Gasteiger charge is -2.04. The molecule has 0 aliphatic heterocycles. The van der Waals surface area contributed by atoms with Crippen molar-refractivity contribution in [3.05, 3.63) is 41.7 Å². The van der Waals surface area contributed by atoms with E-state index in [9.17, 15) is 0 Å². The maximum absolute atomic E-state index is 5.66. The topological polar surface area (TPSA) is 43.8 Å². The molecule has 0 aliphatic rings. The number of nitrogen functional groups attached to an aromatic ring is 1. The first-order chi connectivity index (χ1) is 8.19. The minimum atomic E-state index is 0.809. The summed E-state index contributed by atoms with van der Waals surface area (Å²) < 4.78 is 2.06. The zero-order valence-corrected chi connectivity index (χ0v) is 11.0. The summed E-state index contributed by atoms with van der Waals surface area (Å²) in [6.07, 6.45) is 0. The summed E-state index contributed by atoms with van der Waals surface area (Å²) in [5.74, 6) is 0.943. The molecule has 2 N–H and O–H groups in total.